The van der Waals surface area contributed by atoms with Crippen molar-refractivity contribution in [3.05, 3.63) is 0 Å². The molecule has 1 saturated heterocycles. The van der Waals surface area contributed by atoms with Crippen molar-refractivity contribution in [1.29, 1.82) is 0 Å². The fourth-order valence-electron chi connectivity index (χ4n) is 1.14. The Morgan fingerprint density at radius 2 is 2.30 bits per heavy atom. The molecule has 58 valence electrons. The molecule has 0 amide bonds. The summed E-state index contributed by atoms with van der Waals surface area (Å²) < 4.78 is 1.88. The monoisotopic (exact) mass is 255 g/mol. The molecule has 3 nitrogen and oxygen atoms in total. The number of nitrogens with zero attached hydrogens (tertiary/aromatic N) is 1. The Balaban J connectivity index is 2.47. The first-order valence-corrected chi connectivity index (χ1v) is 4.33. The topological polar surface area (TPSA) is 40.5 Å². The normalized spacial score (nSPS) is 28.3. The van der Waals surface area contributed by atoms with Crippen molar-refractivity contribution < 1.29 is 9.90 Å². The highest BCUT2D eigenvalue weighted by molar-refractivity contribution is 14.1. The molecular weight excluding hydrogens is 245 g/mol. The van der Waals surface area contributed by atoms with Gasteiger partial charge in [0.15, 0.2) is 0 Å². The molecule has 10 heavy (non-hydrogen) atoms. The lowest BCUT2D eigenvalue weighted by molar-refractivity contribution is -0.141. The molecule has 1 aliphatic heterocycles. The minimum Gasteiger partial charge on any atom is -0.480 e. The lowest BCUT2D eigenvalue weighted by Gasteiger charge is -2.26. The van der Waals surface area contributed by atoms with Gasteiger partial charge in [0, 0.05) is 29.4 Å². The second-order valence-electron chi connectivity index (χ2n) is 2.47. The van der Waals surface area contributed by atoms with E-state index in [1.54, 1.807) is 0 Å². The van der Waals surface area contributed by atoms with Crippen LogP contribution in [-0.4, -0.2) is 26.8 Å². The van der Waals surface area contributed by atoms with Gasteiger partial charge in [-0.05, 0) is 19.3 Å². The number of hydrogen-bond donors (Lipinski definition) is 1. The van der Waals surface area contributed by atoms with Crippen LogP contribution in [0.1, 0.15) is 19.3 Å². The molecule has 1 fully saturated rings. The predicted octanol–water partition coefficient (Wildman–Crippen LogP) is 1.28. The Bertz CT molecular complexity index is 140. The van der Waals surface area contributed by atoms with E-state index in [2.05, 4.69) is 22.9 Å². The van der Waals surface area contributed by atoms with E-state index in [4.69, 9.17) is 5.11 Å². The van der Waals surface area contributed by atoms with Gasteiger partial charge >= 0.3 is 5.97 Å². The van der Waals surface area contributed by atoms with Crippen molar-refractivity contribution >= 4 is 28.8 Å². The molecule has 4 heteroatoms. The molecule has 1 atom stereocenters. The van der Waals surface area contributed by atoms with E-state index >= 15 is 0 Å². The molecule has 0 aliphatic carbocycles. The van der Waals surface area contributed by atoms with Crippen LogP contribution in [0.5, 0.6) is 0 Å². The van der Waals surface area contributed by atoms with Gasteiger partial charge in [-0.25, -0.2) is 3.11 Å². The van der Waals surface area contributed by atoms with Crippen molar-refractivity contribution in [2.45, 2.75) is 25.3 Å². The number of piperidine rings is 1. The SMILES string of the molecule is O=C(O)C1CCCCN1I. The van der Waals surface area contributed by atoms with Crippen LogP contribution in [0.2, 0.25) is 0 Å². The number of carboxylic acids is 1. The van der Waals surface area contributed by atoms with Crippen LogP contribution < -0.4 is 0 Å². The second-order valence-corrected chi connectivity index (χ2v) is 3.71. The fourth-order valence-corrected chi connectivity index (χ4v) is 2.00. The lowest BCUT2D eigenvalue weighted by atomic mass is 10.1. The molecular formula is C6H10INO2. The Labute approximate surface area is 73.9 Å². The van der Waals surface area contributed by atoms with Gasteiger partial charge in [-0.3, -0.25) is 4.79 Å². The minimum absolute atomic E-state index is 0.241. The first-order chi connectivity index (χ1) is 4.72. The predicted molar refractivity (Wildman–Crippen MR) is 46.0 cm³/mol. The van der Waals surface area contributed by atoms with E-state index in [1.165, 1.54) is 0 Å². The summed E-state index contributed by atoms with van der Waals surface area (Å²) >= 11 is 2.09. The highest BCUT2D eigenvalue weighted by Crippen LogP contribution is 2.20. The summed E-state index contributed by atoms with van der Waals surface area (Å²) in [5.41, 5.74) is 0. The zero-order chi connectivity index (χ0) is 7.56. The van der Waals surface area contributed by atoms with Crippen LogP contribution in [0, 0.1) is 0 Å². The van der Waals surface area contributed by atoms with E-state index < -0.39 is 5.97 Å². The Hall–Kier alpha value is 0.160. The van der Waals surface area contributed by atoms with Crippen LogP contribution >= 0.6 is 22.9 Å². The van der Waals surface area contributed by atoms with Crippen LogP contribution in [0.3, 0.4) is 0 Å². The molecule has 0 radical (unpaired) electrons. The zero-order valence-corrected chi connectivity index (χ0v) is 7.74. The van der Waals surface area contributed by atoms with E-state index in [1.807, 2.05) is 3.11 Å². The molecule has 0 bridgehead atoms. The number of halogens is 1. The smallest absolute Gasteiger partial charge is 0.321 e. The van der Waals surface area contributed by atoms with Gasteiger partial charge in [-0.15, -0.1) is 0 Å². The third-order valence-electron chi connectivity index (χ3n) is 1.72. The molecule has 0 aromatic carbocycles. The highest BCUT2D eigenvalue weighted by Gasteiger charge is 2.26. The lowest BCUT2D eigenvalue weighted by Crippen LogP contribution is -2.37. The summed E-state index contributed by atoms with van der Waals surface area (Å²) in [7, 11) is 0. The third kappa shape index (κ3) is 1.82. The van der Waals surface area contributed by atoms with E-state index in [0.717, 1.165) is 25.8 Å². The summed E-state index contributed by atoms with van der Waals surface area (Å²) in [5.74, 6) is -0.686. The maximum atomic E-state index is 10.5. The quantitative estimate of drug-likeness (QED) is 0.566. The minimum atomic E-state index is -0.686. The first-order valence-electron chi connectivity index (χ1n) is 3.37. The van der Waals surface area contributed by atoms with E-state index in [-0.39, 0.29) is 6.04 Å². The van der Waals surface area contributed by atoms with Crippen LogP contribution in [0.4, 0.5) is 0 Å². The number of aliphatic carboxylic acids is 1. The second kappa shape index (κ2) is 3.52. The largest absolute Gasteiger partial charge is 0.480 e. The molecule has 1 rings (SSSR count). The Morgan fingerprint density at radius 3 is 2.70 bits per heavy atom. The molecule has 1 N–H and O–H groups in total. The molecule has 0 aromatic rings. The van der Waals surface area contributed by atoms with Gasteiger partial charge in [-0.1, -0.05) is 0 Å². The van der Waals surface area contributed by atoms with Crippen LogP contribution in [-0.2, 0) is 4.79 Å². The first kappa shape index (κ1) is 8.26. The summed E-state index contributed by atoms with van der Waals surface area (Å²) in [4.78, 5) is 10.5. The molecule has 1 heterocycles. The molecule has 0 spiro atoms. The van der Waals surface area contributed by atoms with Gasteiger partial charge in [0.25, 0.3) is 0 Å². The number of hydrogen-bond acceptors (Lipinski definition) is 2. The van der Waals surface area contributed by atoms with Crippen molar-refractivity contribution in [1.82, 2.24) is 3.11 Å². The van der Waals surface area contributed by atoms with Gasteiger partial charge < -0.3 is 5.11 Å². The number of carboxylic acid groups (broad SMARTS) is 1. The maximum absolute atomic E-state index is 10.5. The zero-order valence-electron chi connectivity index (χ0n) is 5.59. The van der Waals surface area contributed by atoms with Gasteiger partial charge in [0.1, 0.15) is 6.04 Å². The summed E-state index contributed by atoms with van der Waals surface area (Å²) in [6, 6.07) is -0.241. The van der Waals surface area contributed by atoms with Crippen molar-refractivity contribution in [3.63, 3.8) is 0 Å². The van der Waals surface area contributed by atoms with Crippen molar-refractivity contribution in [3.8, 4) is 0 Å². The molecule has 0 saturated carbocycles. The summed E-state index contributed by atoms with van der Waals surface area (Å²) in [6.45, 7) is 0.914. The van der Waals surface area contributed by atoms with Gasteiger partial charge in [0.2, 0.25) is 0 Å². The van der Waals surface area contributed by atoms with Gasteiger partial charge in [-0.2, -0.15) is 0 Å². The molecule has 0 aromatic heterocycles. The fraction of sp³-hybridized carbons (Fsp3) is 0.833. The summed E-state index contributed by atoms with van der Waals surface area (Å²) in [6.07, 6.45) is 2.99. The standard InChI is InChI=1S/C6H10INO2/c7-8-4-2-1-3-5(8)6(9)10/h5H,1-4H2,(H,9,10). The number of carbonyl (C=O) groups is 1. The Kier molecular flexibility index (Phi) is 2.91. The molecule has 1 aliphatic rings. The van der Waals surface area contributed by atoms with Crippen LogP contribution in [0.25, 0.3) is 0 Å². The van der Waals surface area contributed by atoms with Gasteiger partial charge in [0.05, 0.1) is 0 Å². The number of rotatable bonds is 1. The average molecular weight is 255 g/mol. The van der Waals surface area contributed by atoms with E-state index in [9.17, 15) is 4.79 Å². The molecule has 1 unspecified atom stereocenters. The third-order valence-corrected chi connectivity index (χ3v) is 2.88. The highest BCUT2D eigenvalue weighted by atomic mass is 127. The van der Waals surface area contributed by atoms with Crippen molar-refractivity contribution in [2.24, 2.45) is 0 Å². The maximum Gasteiger partial charge on any atom is 0.321 e. The Morgan fingerprint density at radius 1 is 1.60 bits per heavy atom. The van der Waals surface area contributed by atoms with Crippen LogP contribution in [0.15, 0.2) is 0 Å². The summed E-state index contributed by atoms with van der Waals surface area (Å²) in [5, 5.41) is 8.66. The van der Waals surface area contributed by atoms with E-state index in [0.29, 0.717) is 0 Å². The van der Waals surface area contributed by atoms with Crippen molar-refractivity contribution in [2.75, 3.05) is 6.54 Å². The average Bonchev–Trinajstić information content (AvgIpc) is 1.88.